The zero-order valence-electron chi connectivity index (χ0n) is 15.5. The normalized spacial score (nSPS) is 11.1. The Morgan fingerprint density at radius 1 is 1.11 bits per heavy atom. The van der Waals surface area contributed by atoms with Gasteiger partial charge in [-0.2, -0.15) is 10.2 Å². The highest BCUT2D eigenvalue weighted by molar-refractivity contribution is 6.04. The van der Waals surface area contributed by atoms with E-state index in [1.165, 1.54) is 11.1 Å². The molecule has 7 heteroatoms. The molecular formula is C20H20N6O. The fraction of sp³-hybridized carbons (Fsp3) is 0.200. The van der Waals surface area contributed by atoms with Gasteiger partial charge in [0, 0.05) is 18.5 Å². The minimum absolute atomic E-state index is 0.276. The minimum atomic E-state index is -0.276. The molecule has 7 nitrogen and oxygen atoms in total. The predicted octanol–water partition coefficient (Wildman–Crippen LogP) is 3.15. The fourth-order valence-electron chi connectivity index (χ4n) is 3.10. The largest absolute Gasteiger partial charge is 0.317 e. The van der Waals surface area contributed by atoms with Gasteiger partial charge in [0.25, 0.3) is 5.91 Å². The molecule has 27 heavy (non-hydrogen) atoms. The van der Waals surface area contributed by atoms with E-state index in [1.807, 2.05) is 30.7 Å². The first kappa shape index (κ1) is 17.0. The van der Waals surface area contributed by atoms with Crippen molar-refractivity contribution in [2.24, 2.45) is 0 Å². The number of hydrogen-bond donors (Lipinski definition) is 1. The highest BCUT2D eigenvalue weighted by Gasteiger charge is 2.18. The molecule has 0 spiro atoms. The number of benzene rings is 1. The highest BCUT2D eigenvalue weighted by Crippen LogP contribution is 2.22. The molecule has 0 saturated carbocycles. The van der Waals surface area contributed by atoms with Crippen molar-refractivity contribution in [1.82, 2.24) is 24.4 Å². The van der Waals surface area contributed by atoms with Crippen molar-refractivity contribution in [3.8, 4) is 0 Å². The number of nitrogens with zero attached hydrogens (tertiary/aromatic N) is 5. The minimum Gasteiger partial charge on any atom is -0.317 e. The molecule has 0 fully saturated rings. The van der Waals surface area contributed by atoms with Gasteiger partial charge < -0.3 is 5.32 Å². The van der Waals surface area contributed by atoms with E-state index >= 15 is 0 Å². The van der Waals surface area contributed by atoms with Crippen molar-refractivity contribution >= 4 is 17.2 Å². The van der Waals surface area contributed by atoms with Crippen LogP contribution in [0, 0.1) is 20.8 Å². The highest BCUT2D eigenvalue weighted by atomic mass is 16.2. The number of amides is 1. The van der Waals surface area contributed by atoms with Crippen molar-refractivity contribution < 1.29 is 4.79 Å². The maximum absolute atomic E-state index is 12.7. The van der Waals surface area contributed by atoms with Gasteiger partial charge >= 0.3 is 0 Å². The molecule has 1 amide bonds. The number of carbonyl (C=O) groups is 1. The topological polar surface area (TPSA) is 77.1 Å². The van der Waals surface area contributed by atoms with Gasteiger partial charge in [0.1, 0.15) is 0 Å². The van der Waals surface area contributed by atoms with Gasteiger partial charge in [0.2, 0.25) is 0 Å². The second-order valence-corrected chi connectivity index (χ2v) is 6.54. The Morgan fingerprint density at radius 2 is 1.93 bits per heavy atom. The molecule has 0 unspecified atom stereocenters. The average molecular weight is 360 g/mol. The van der Waals surface area contributed by atoms with E-state index in [1.54, 1.807) is 29.0 Å². The van der Waals surface area contributed by atoms with E-state index in [2.05, 4.69) is 39.6 Å². The number of aryl methyl sites for hydroxylation is 2. The summed E-state index contributed by atoms with van der Waals surface area (Å²) in [6, 6.07) is 11.7. The summed E-state index contributed by atoms with van der Waals surface area (Å²) in [5.41, 5.74) is 5.77. The van der Waals surface area contributed by atoms with E-state index in [-0.39, 0.29) is 5.91 Å². The van der Waals surface area contributed by atoms with Gasteiger partial charge in [0.05, 0.1) is 23.6 Å². The number of nitrogens with one attached hydrogen (secondary N) is 1. The number of aromatic nitrogens is 5. The molecule has 0 aliphatic heterocycles. The molecule has 136 valence electrons. The molecule has 0 radical (unpaired) electrons. The SMILES string of the molecule is Cc1ccccc1Cn1nc(C)c(NC(=O)c2cc3ncccn3n2)c1C. The average Bonchev–Trinajstić information content (AvgIpc) is 3.20. The second-order valence-electron chi connectivity index (χ2n) is 6.54. The first-order chi connectivity index (χ1) is 13.0. The van der Waals surface area contributed by atoms with Crippen molar-refractivity contribution in [3.05, 3.63) is 77.0 Å². The van der Waals surface area contributed by atoms with Crippen LogP contribution in [0.5, 0.6) is 0 Å². The zero-order valence-corrected chi connectivity index (χ0v) is 15.5. The van der Waals surface area contributed by atoms with Crippen molar-refractivity contribution in [2.75, 3.05) is 5.32 Å². The Labute approximate surface area is 156 Å². The van der Waals surface area contributed by atoms with Crippen LogP contribution in [0.15, 0.2) is 48.8 Å². The Hall–Kier alpha value is -3.48. The monoisotopic (exact) mass is 360 g/mol. The summed E-state index contributed by atoms with van der Waals surface area (Å²) in [5.74, 6) is -0.276. The molecule has 0 atom stereocenters. The summed E-state index contributed by atoms with van der Waals surface area (Å²) >= 11 is 0. The van der Waals surface area contributed by atoms with E-state index in [4.69, 9.17) is 0 Å². The van der Waals surface area contributed by atoms with Crippen LogP contribution in [0.3, 0.4) is 0 Å². The molecule has 1 aromatic carbocycles. The van der Waals surface area contributed by atoms with Gasteiger partial charge in [-0.15, -0.1) is 0 Å². The lowest BCUT2D eigenvalue weighted by molar-refractivity contribution is 0.102. The lowest BCUT2D eigenvalue weighted by Gasteiger charge is -2.08. The van der Waals surface area contributed by atoms with Gasteiger partial charge in [-0.3, -0.25) is 9.48 Å². The molecule has 4 rings (SSSR count). The Bertz CT molecular complexity index is 1110. The van der Waals surface area contributed by atoms with Crippen LogP contribution >= 0.6 is 0 Å². The second kappa shape index (κ2) is 6.68. The number of carbonyl (C=O) groups excluding carboxylic acids is 1. The summed E-state index contributed by atoms with van der Waals surface area (Å²) < 4.78 is 3.49. The smallest absolute Gasteiger partial charge is 0.276 e. The van der Waals surface area contributed by atoms with Crippen LogP contribution in [-0.4, -0.2) is 30.3 Å². The Balaban J connectivity index is 1.59. The molecular weight excluding hydrogens is 340 g/mol. The van der Waals surface area contributed by atoms with Crippen LogP contribution in [0.1, 0.15) is 33.0 Å². The molecule has 4 aromatic rings. The van der Waals surface area contributed by atoms with Crippen molar-refractivity contribution in [3.63, 3.8) is 0 Å². The Kier molecular flexibility index (Phi) is 4.19. The van der Waals surface area contributed by atoms with Crippen LogP contribution in [0.25, 0.3) is 5.65 Å². The molecule has 0 bridgehead atoms. The molecule has 3 aromatic heterocycles. The van der Waals surface area contributed by atoms with Gasteiger partial charge in [0.15, 0.2) is 11.3 Å². The van der Waals surface area contributed by atoms with Crippen molar-refractivity contribution in [1.29, 1.82) is 0 Å². The Morgan fingerprint density at radius 3 is 2.70 bits per heavy atom. The van der Waals surface area contributed by atoms with Gasteiger partial charge in [-0.05, 0) is 38.0 Å². The third-order valence-corrected chi connectivity index (χ3v) is 4.67. The summed E-state index contributed by atoms with van der Waals surface area (Å²) in [4.78, 5) is 16.8. The standard InChI is InChI=1S/C20H20N6O/c1-13-7-4-5-8-16(13)12-26-15(3)19(14(2)23-26)22-20(27)17-11-18-21-9-6-10-25(18)24-17/h4-11H,12H2,1-3H3,(H,22,27). The third kappa shape index (κ3) is 3.19. The number of rotatable bonds is 4. The molecule has 1 N–H and O–H groups in total. The molecule has 0 aliphatic rings. The van der Waals surface area contributed by atoms with E-state index in [0.717, 1.165) is 17.1 Å². The summed E-state index contributed by atoms with van der Waals surface area (Å²) in [7, 11) is 0. The first-order valence-corrected chi connectivity index (χ1v) is 8.73. The van der Waals surface area contributed by atoms with E-state index in [0.29, 0.717) is 17.9 Å². The summed E-state index contributed by atoms with van der Waals surface area (Å²) in [6.07, 6.45) is 3.43. The van der Waals surface area contributed by atoms with Gasteiger partial charge in [-0.25, -0.2) is 9.50 Å². The molecule has 3 heterocycles. The number of fused-ring (bicyclic) bond motifs is 1. The van der Waals surface area contributed by atoms with Crippen LogP contribution < -0.4 is 5.32 Å². The maximum Gasteiger partial charge on any atom is 0.276 e. The number of anilines is 1. The van der Waals surface area contributed by atoms with E-state index in [9.17, 15) is 4.79 Å². The number of hydrogen-bond acceptors (Lipinski definition) is 4. The lowest BCUT2D eigenvalue weighted by atomic mass is 10.1. The van der Waals surface area contributed by atoms with Crippen LogP contribution in [-0.2, 0) is 6.54 Å². The van der Waals surface area contributed by atoms with Crippen molar-refractivity contribution in [2.45, 2.75) is 27.3 Å². The quantitative estimate of drug-likeness (QED) is 0.606. The first-order valence-electron chi connectivity index (χ1n) is 8.73. The summed E-state index contributed by atoms with van der Waals surface area (Å²) in [6.45, 7) is 6.59. The third-order valence-electron chi connectivity index (χ3n) is 4.67. The van der Waals surface area contributed by atoms with Gasteiger partial charge in [-0.1, -0.05) is 24.3 Å². The lowest BCUT2D eigenvalue weighted by Crippen LogP contribution is -2.14. The molecule has 0 aliphatic carbocycles. The molecule has 0 saturated heterocycles. The fourth-order valence-corrected chi connectivity index (χ4v) is 3.10. The zero-order chi connectivity index (χ0) is 19.0. The summed E-state index contributed by atoms with van der Waals surface area (Å²) in [5, 5.41) is 11.8. The predicted molar refractivity (Wildman–Crippen MR) is 103 cm³/mol. The van der Waals surface area contributed by atoms with E-state index < -0.39 is 0 Å². The van der Waals surface area contributed by atoms with Crippen LogP contribution in [0.2, 0.25) is 0 Å². The van der Waals surface area contributed by atoms with Crippen LogP contribution in [0.4, 0.5) is 5.69 Å². The maximum atomic E-state index is 12.7.